The van der Waals surface area contributed by atoms with Crippen LogP contribution in [0.25, 0.3) is 11.0 Å². The van der Waals surface area contributed by atoms with Crippen LogP contribution in [0, 0.1) is 5.82 Å². The minimum Gasteiger partial charge on any atom is -0.488 e. The van der Waals surface area contributed by atoms with Crippen LogP contribution in [0.2, 0.25) is 0 Å². The number of anilines is 1. The van der Waals surface area contributed by atoms with Crippen molar-refractivity contribution < 1.29 is 28.2 Å². The van der Waals surface area contributed by atoms with Crippen molar-refractivity contribution in [1.82, 2.24) is 19.5 Å². The van der Waals surface area contributed by atoms with Crippen molar-refractivity contribution in [2.75, 3.05) is 24.7 Å². The van der Waals surface area contributed by atoms with Gasteiger partial charge < -0.3 is 18.8 Å². The predicted molar refractivity (Wildman–Crippen MR) is 125 cm³/mol. The fraction of sp³-hybridized carbons (Fsp3) is 0.417. The molecule has 0 aliphatic carbocycles. The van der Waals surface area contributed by atoms with Gasteiger partial charge in [-0.05, 0) is 38.3 Å². The molecule has 5 rings (SSSR count). The Bertz CT molecular complexity index is 1390. The molecular formula is C24H24FN5O6. The molecule has 3 aromatic rings. The van der Waals surface area contributed by atoms with E-state index in [2.05, 4.69) is 15.0 Å². The highest BCUT2D eigenvalue weighted by Crippen LogP contribution is 2.28. The van der Waals surface area contributed by atoms with Crippen LogP contribution in [0.15, 0.2) is 29.3 Å². The number of aryl methyl sites for hydroxylation is 1. The van der Waals surface area contributed by atoms with E-state index in [-0.39, 0.29) is 42.8 Å². The minimum atomic E-state index is -0.560. The van der Waals surface area contributed by atoms with Gasteiger partial charge in [-0.15, -0.1) is 0 Å². The molecule has 0 N–H and O–H groups in total. The Balaban J connectivity index is 1.16. The molecule has 0 saturated carbocycles. The molecule has 12 heteroatoms. The van der Waals surface area contributed by atoms with Crippen LogP contribution >= 0.6 is 0 Å². The van der Waals surface area contributed by atoms with Gasteiger partial charge in [0.05, 0.1) is 37.5 Å². The van der Waals surface area contributed by atoms with E-state index in [0.29, 0.717) is 60.8 Å². The molecule has 36 heavy (non-hydrogen) atoms. The maximum atomic E-state index is 14.5. The summed E-state index contributed by atoms with van der Waals surface area (Å²) in [6, 6.07) is 2.79. The van der Waals surface area contributed by atoms with Crippen molar-refractivity contribution in [3.05, 3.63) is 46.4 Å². The van der Waals surface area contributed by atoms with Crippen LogP contribution < -0.4 is 19.9 Å². The van der Waals surface area contributed by atoms with Gasteiger partial charge in [0.2, 0.25) is 5.88 Å². The number of ketones is 1. The van der Waals surface area contributed by atoms with E-state index < -0.39 is 11.9 Å². The van der Waals surface area contributed by atoms with Gasteiger partial charge in [-0.1, -0.05) is 0 Å². The maximum Gasteiger partial charge on any atom is 0.415 e. The van der Waals surface area contributed by atoms with Gasteiger partial charge in [0.1, 0.15) is 23.9 Å². The molecule has 2 aromatic heterocycles. The zero-order chi connectivity index (χ0) is 25.2. The van der Waals surface area contributed by atoms with E-state index in [1.165, 1.54) is 34.0 Å². The number of fused-ring (bicyclic) bond motifs is 2. The summed E-state index contributed by atoms with van der Waals surface area (Å²) in [5.41, 5.74) is 0.896. The number of rotatable bonds is 8. The first kappa shape index (κ1) is 23.6. The zero-order valence-electron chi connectivity index (χ0n) is 19.6. The first-order chi connectivity index (χ1) is 17.4. The number of Topliss-reactive ketones (excluding diaryl/α,β-unsaturated/α-hetero) is 1. The number of amides is 1. The summed E-state index contributed by atoms with van der Waals surface area (Å²) in [5.74, 6) is -0.0421. The fourth-order valence-electron chi connectivity index (χ4n) is 4.32. The zero-order valence-corrected chi connectivity index (χ0v) is 19.6. The molecule has 1 saturated heterocycles. The molecule has 1 amide bonds. The second kappa shape index (κ2) is 9.88. The summed E-state index contributed by atoms with van der Waals surface area (Å²) in [4.78, 5) is 50.1. The number of carbonyl (C=O) groups excluding carboxylic acids is 2. The molecule has 2 aliphatic rings. The normalized spacial score (nSPS) is 17.2. The molecule has 1 aromatic carbocycles. The SMILES string of the molecule is CCn1c(=O)cnc2ccc(F)c(OCCCC[C@H]3CN(c4cnc5c(n4)CC(=O)CO5)C(=O)O3)c21. The second-order valence-electron chi connectivity index (χ2n) is 8.53. The number of ether oxygens (including phenoxy) is 3. The van der Waals surface area contributed by atoms with Crippen LogP contribution in [0.3, 0.4) is 0 Å². The van der Waals surface area contributed by atoms with E-state index in [0.717, 1.165) is 0 Å². The lowest BCUT2D eigenvalue weighted by molar-refractivity contribution is -0.121. The molecule has 4 heterocycles. The van der Waals surface area contributed by atoms with Gasteiger partial charge in [-0.2, -0.15) is 0 Å². The summed E-state index contributed by atoms with van der Waals surface area (Å²) in [6.45, 7) is 2.65. The van der Waals surface area contributed by atoms with Crippen LogP contribution in [-0.4, -0.2) is 57.3 Å². The fourth-order valence-corrected chi connectivity index (χ4v) is 4.32. The lowest BCUT2D eigenvalue weighted by Gasteiger charge is -2.17. The molecule has 0 unspecified atom stereocenters. The molecule has 188 valence electrons. The number of nitrogens with zero attached hydrogens (tertiary/aromatic N) is 5. The number of aromatic nitrogens is 4. The van der Waals surface area contributed by atoms with Gasteiger partial charge in [0, 0.05) is 6.54 Å². The summed E-state index contributed by atoms with van der Waals surface area (Å²) in [6.07, 6.45) is 3.69. The highest BCUT2D eigenvalue weighted by Gasteiger charge is 2.34. The molecule has 0 bridgehead atoms. The van der Waals surface area contributed by atoms with Crippen LogP contribution in [0.5, 0.6) is 11.6 Å². The standard InChI is InChI=1S/C24H24FN5O6/c1-2-29-20(32)11-26-17-7-6-16(25)22(21(17)29)34-8-4-3-5-15-12-30(24(33)36-15)19-10-27-23-18(28-19)9-14(31)13-35-23/h6-7,10-11,15H,2-5,8-9,12-13H2,1H3/t15-/m0/s1. The van der Waals surface area contributed by atoms with Crippen molar-refractivity contribution in [2.24, 2.45) is 0 Å². The van der Waals surface area contributed by atoms with E-state index in [1.807, 2.05) is 0 Å². The Morgan fingerprint density at radius 2 is 2.03 bits per heavy atom. The molecule has 0 radical (unpaired) electrons. The Morgan fingerprint density at radius 3 is 2.86 bits per heavy atom. The third-order valence-corrected chi connectivity index (χ3v) is 6.07. The quantitative estimate of drug-likeness (QED) is 0.431. The van der Waals surface area contributed by atoms with E-state index in [4.69, 9.17) is 14.2 Å². The molecule has 1 atom stereocenters. The lowest BCUT2D eigenvalue weighted by Crippen LogP contribution is -2.28. The average molecular weight is 497 g/mol. The van der Waals surface area contributed by atoms with Crippen molar-refractivity contribution in [3.63, 3.8) is 0 Å². The van der Waals surface area contributed by atoms with Crippen molar-refractivity contribution >= 4 is 28.7 Å². The maximum absolute atomic E-state index is 14.5. The van der Waals surface area contributed by atoms with Crippen molar-refractivity contribution in [3.8, 4) is 11.6 Å². The first-order valence-electron chi connectivity index (χ1n) is 11.7. The Hall–Kier alpha value is -4.09. The molecule has 11 nitrogen and oxygen atoms in total. The van der Waals surface area contributed by atoms with Gasteiger partial charge >= 0.3 is 6.09 Å². The Kier molecular flexibility index (Phi) is 6.49. The number of hydrogen-bond donors (Lipinski definition) is 0. The first-order valence-corrected chi connectivity index (χ1v) is 11.7. The van der Waals surface area contributed by atoms with Gasteiger partial charge in [-0.25, -0.2) is 24.1 Å². The monoisotopic (exact) mass is 497 g/mol. The minimum absolute atomic E-state index is 0.00599. The topological polar surface area (TPSA) is 126 Å². The van der Waals surface area contributed by atoms with Crippen molar-refractivity contribution in [2.45, 2.75) is 45.3 Å². The highest BCUT2D eigenvalue weighted by atomic mass is 19.1. The molecule has 2 aliphatic heterocycles. The summed E-state index contributed by atoms with van der Waals surface area (Å²) >= 11 is 0. The molecular weight excluding hydrogens is 473 g/mol. The number of halogens is 1. The lowest BCUT2D eigenvalue weighted by atomic mass is 10.1. The predicted octanol–water partition coefficient (Wildman–Crippen LogP) is 2.42. The van der Waals surface area contributed by atoms with E-state index in [1.54, 1.807) is 6.92 Å². The number of cyclic esters (lactones) is 1. The Morgan fingerprint density at radius 1 is 1.17 bits per heavy atom. The number of carbonyl (C=O) groups is 2. The summed E-state index contributed by atoms with van der Waals surface area (Å²) in [5, 5.41) is 0. The highest BCUT2D eigenvalue weighted by molar-refractivity contribution is 5.89. The third kappa shape index (κ3) is 4.58. The third-order valence-electron chi connectivity index (χ3n) is 6.07. The smallest absolute Gasteiger partial charge is 0.415 e. The van der Waals surface area contributed by atoms with Gasteiger partial charge in [0.15, 0.2) is 23.2 Å². The second-order valence-corrected chi connectivity index (χ2v) is 8.53. The van der Waals surface area contributed by atoms with E-state index >= 15 is 0 Å². The Labute approximate surface area is 204 Å². The summed E-state index contributed by atoms with van der Waals surface area (Å²) in [7, 11) is 0. The molecule has 0 spiro atoms. The van der Waals surface area contributed by atoms with Crippen molar-refractivity contribution in [1.29, 1.82) is 0 Å². The number of hydrogen-bond acceptors (Lipinski definition) is 9. The van der Waals surface area contributed by atoms with Crippen LogP contribution in [0.1, 0.15) is 31.9 Å². The van der Waals surface area contributed by atoms with Crippen LogP contribution in [0.4, 0.5) is 15.0 Å². The number of benzene rings is 1. The van der Waals surface area contributed by atoms with E-state index in [9.17, 15) is 18.8 Å². The van der Waals surface area contributed by atoms with Gasteiger partial charge in [-0.3, -0.25) is 14.5 Å². The largest absolute Gasteiger partial charge is 0.488 e. The molecule has 1 fully saturated rings. The van der Waals surface area contributed by atoms with Gasteiger partial charge in [0.25, 0.3) is 5.56 Å². The van der Waals surface area contributed by atoms with Crippen LogP contribution in [-0.2, 0) is 22.5 Å². The number of unbranched alkanes of at least 4 members (excludes halogenated alkanes) is 1. The average Bonchev–Trinajstić information content (AvgIpc) is 3.24. The summed E-state index contributed by atoms with van der Waals surface area (Å²) < 4.78 is 32.4.